The summed E-state index contributed by atoms with van der Waals surface area (Å²) >= 11 is 3.61. The normalized spacial score (nSPS) is 14.4. The lowest BCUT2D eigenvalue weighted by molar-refractivity contribution is 0.604. The summed E-state index contributed by atoms with van der Waals surface area (Å²) in [6, 6.07) is 4.27. The zero-order valence-corrected chi connectivity index (χ0v) is 13.5. The third-order valence-electron chi connectivity index (χ3n) is 3.28. The number of nitrogens with one attached hydrogen (secondary N) is 1. The molecule has 20 heavy (non-hydrogen) atoms. The Morgan fingerprint density at radius 2 is 2.00 bits per heavy atom. The second kappa shape index (κ2) is 5.02. The monoisotopic (exact) mass is 306 g/mol. The van der Waals surface area contributed by atoms with Crippen molar-refractivity contribution in [2.45, 2.75) is 37.7 Å². The molecule has 2 aromatic heterocycles. The molecule has 0 aliphatic carbocycles. The second-order valence-electron chi connectivity index (χ2n) is 5.87. The molecule has 3 heterocycles. The lowest BCUT2D eigenvalue weighted by atomic mass is 9.95. The predicted octanol–water partition coefficient (Wildman–Crippen LogP) is 3.54. The van der Waals surface area contributed by atoms with E-state index in [2.05, 4.69) is 43.3 Å². The van der Waals surface area contributed by atoms with Crippen molar-refractivity contribution >= 4 is 28.9 Å². The Balaban J connectivity index is 2.05. The maximum atomic E-state index is 5.60. The van der Waals surface area contributed by atoms with E-state index in [1.54, 1.807) is 11.3 Å². The zero-order chi connectivity index (χ0) is 14.3. The van der Waals surface area contributed by atoms with Crippen molar-refractivity contribution < 1.29 is 0 Å². The molecule has 1 aliphatic rings. The quantitative estimate of drug-likeness (QED) is 0.656. The van der Waals surface area contributed by atoms with Crippen LogP contribution in [0.2, 0.25) is 0 Å². The summed E-state index contributed by atoms with van der Waals surface area (Å²) in [6.07, 6.45) is 0. The number of thiophene rings is 1. The number of hydrazine groups is 1. The van der Waals surface area contributed by atoms with Gasteiger partial charge >= 0.3 is 0 Å². The summed E-state index contributed by atoms with van der Waals surface area (Å²) in [5, 5.41) is 0. The van der Waals surface area contributed by atoms with Crippen LogP contribution in [-0.4, -0.2) is 9.97 Å². The minimum atomic E-state index is 0.157. The van der Waals surface area contributed by atoms with E-state index < -0.39 is 0 Å². The van der Waals surface area contributed by atoms with E-state index in [1.165, 1.54) is 4.88 Å². The standard InChI is InChI=1S/C14H18N4S2/c1-14(2,3)11-5-4-10(20-11)13-16-9-7-19-6-8(9)12(17-13)18-15/h4-5H,6-7,15H2,1-3H3,(H,16,17,18). The van der Waals surface area contributed by atoms with Crippen molar-refractivity contribution in [1.29, 1.82) is 0 Å². The first-order valence-corrected chi connectivity index (χ1v) is 8.51. The molecule has 3 N–H and O–H groups in total. The van der Waals surface area contributed by atoms with Crippen LogP contribution in [0.4, 0.5) is 5.82 Å². The van der Waals surface area contributed by atoms with Gasteiger partial charge in [0, 0.05) is 21.9 Å². The Hall–Kier alpha value is -1.11. The van der Waals surface area contributed by atoms with Gasteiger partial charge in [-0.25, -0.2) is 15.8 Å². The van der Waals surface area contributed by atoms with Gasteiger partial charge in [-0.05, 0) is 17.5 Å². The van der Waals surface area contributed by atoms with E-state index in [0.717, 1.165) is 39.3 Å². The smallest absolute Gasteiger partial charge is 0.171 e. The predicted molar refractivity (Wildman–Crippen MR) is 86.9 cm³/mol. The maximum Gasteiger partial charge on any atom is 0.171 e. The van der Waals surface area contributed by atoms with Crippen LogP contribution in [0.15, 0.2) is 12.1 Å². The topological polar surface area (TPSA) is 63.8 Å². The molecule has 0 aromatic carbocycles. The molecule has 0 saturated carbocycles. The van der Waals surface area contributed by atoms with Crippen LogP contribution in [0.3, 0.4) is 0 Å². The fourth-order valence-corrected chi connectivity index (χ4v) is 4.18. The molecule has 0 bridgehead atoms. The fourth-order valence-electron chi connectivity index (χ4n) is 2.14. The molecule has 0 unspecified atom stereocenters. The molecule has 0 atom stereocenters. The average Bonchev–Trinajstić information content (AvgIpc) is 3.05. The first kappa shape index (κ1) is 13.9. The summed E-state index contributed by atoms with van der Waals surface area (Å²) in [5.41, 5.74) is 5.13. The highest BCUT2D eigenvalue weighted by Gasteiger charge is 2.22. The maximum absolute atomic E-state index is 5.60. The van der Waals surface area contributed by atoms with Crippen molar-refractivity contribution in [2.75, 3.05) is 5.43 Å². The van der Waals surface area contributed by atoms with Gasteiger partial charge in [0.05, 0.1) is 10.6 Å². The molecule has 6 heteroatoms. The fraction of sp³-hybridized carbons (Fsp3) is 0.429. The van der Waals surface area contributed by atoms with Gasteiger partial charge in [0.1, 0.15) is 5.82 Å². The van der Waals surface area contributed by atoms with E-state index in [9.17, 15) is 0 Å². The highest BCUT2D eigenvalue weighted by Crippen LogP contribution is 2.37. The minimum Gasteiger partial charge on any atom is -0.308 e. The minimum absolute atomic E-state index is 0.157. The molecule has 3 rings (SSSR count). The molecule has 0 spiro atoms. The Labute approximate surface area is 127 Å². The summed E-state index contributed by atoms with van der Waals surface area (Å²) in [6.45, 7) is 6.65. The Bertz CT molecular complexity index is 643. The van der Waals surface area contributed by atoms with Crippen LogP contribution in [0, 0.1) is 0 Å². The van der Waals surface area contributed by atoms with Crippen molar-refractivity contribution in [2.24, 2.45) is 5.84 Å². The van der Waals surface area contributed by atoms with E-state index in [-0.39, 0.29) is 5.41 Å². The zero-order valence-electron chi connectivity index (χ0n) is 11.9. The van der Waals surface area contributed by atoms with Gasteiger partial charge in [0.15, 0.2) is 5.82 Å². The largest absolute Gasteiger partial charge is 0.308 e. The van der Waals surface area contributed by atoms with E-state index >= 15 is 0 Å². The number of fused-ring (bicyclic) bond motifs is 1. The van der Waals surface area contributed by atoms with Crippen molar-refractivity contribution in [3.05, 3.63) is 28.3 Å². The number of nitrogen functional groups attached to an aromatic ring is 1. The number of nitrogens with two attached hydrogens (primary N) is 1. The Morgan fingerprint density at radius 1 is 1.20 bits per heavy atom. The van der Waals surface area contributed by atoms with Gasteiger partial charge in [0.25, 0.3) is 0 Å². The third-order valence-corrected chi connectivity index (χ3v) is 5.76. The first-order valence-electron chi connectivity index (χ1n) is 6.54. The number of aromatic nitrogens is 2. The molecule has 4 nitrogen and oxygen atoms in total. The lowest BCUT2D eigenvalue weighted by Crippen LogP contribution is -2.12. The van der Waals surface area contributed by atoms with Crippen LogP contribution in [0.25, 0.3) is 10.7 Å². The number of thioether (sulfide) groups is 1. The van der Waals surface area contributed by atoms with Crippen LogP contribution in [-0.2, 0) is 16.9 Å². The lowest BCUT2D eigenvalue weighted by Gasteiger charge is -2.15. The number of anilines is 1. The first-order chi connectivity index (χ1) is 9.49. The van der Waals surface area contributed by atoms with Gasteiger partial charge in [-0.3, -0.25) is 0 Å². The van der Waals surface area contributed by atoms with Crippen LogP contribution < -0.4 is 11.3 Å². The van der Waals surface area contributed by atoms with Crippen LogP contribution in [0.1, 0.15) is 36.9 Å². The number of hydrogen-bond donors (Lipinski definition) is 2. The number of nitrogens with zero attached hydrogens (tertiary/aromatic N) is 2. The van der Waals surface area contributed by atoms with Gasteiger partial charge in [-0.1, -0.05) is 20.8 Å². The van der Waals surface area contributed by atoms with E-state index in [4.69, 9.17) is 10.8 Å². The molecule has 2 aromatic rings. The molecule has 0 fully saturated rings. The second-order valence-corrected chi connectivity index (χ2v) is 7.94. The van der Waals surface area contributed by atoms with Crippen molar-refractivity contribution in [1.82, 2.24) is 9.97 Å². The molecule has 0 radical (unpaired) electrons. The van der Waals surface area contributed by atoms with Crippen molar-refractivity contribution in [3.63, 3.8) is 0 Å². The molecular weight excluding hydrogens is 288 g/mol. The van der Waals surface area contributed by atoms with Crippen LogP contribution in [0.5, 0.6) is 0 Å². The van der Waals surface area contributed by atoms with E-state index in [1.807, 2.05) is 11.8 Å². The Kier molecular flexibility index (Phi) is 3.48. The van der Waals surface area contributed by atoms with Crippen LogP contribution >= 0.6 is 23.1 Å². The van der Waals surface area contributed by atoms with E-state index in [0.29, 0.717) is 0 Å². The molecule has 106 valence electrons. The molecule has 0 amide bonds. The van der Waals surface area contributed by atoms with Gasteiger partial charge in [0.2, 0.25) is 0 Å². The summed E-state index contributed by atoms with van der Waals surface area (Å²) < 4.78 is 0. The summed E-state index contributed by atoms with van der Waals surface area (Å²) in [5.74, 6) is 9.02. The average molecular weight is 306 g/mol. The van der Waals surface area contributed by atoms with Crippen molar-refractivity contribution in [3.8, 4) is 10.7 Å². The third kappa shape index (κ3) is 2.43. The molecule has 1 aliphatic heterocycles. The number of hydrogen-bond acceptors (Lipinski definition) is 6. The summed E-state index contributed by atoms with van der Waals surface area (Å²) in [7, 11) is 0. The molecule has 0 saturated heterocycles. The van der Waals surface area contributed by atoms with Gasteiger partial charge < -0.3 is 5.43 Å². The molecular formula is C14H18N4S2. The summed E-state index contributed by atoms with van der Waals surface area (Å²) in [4.78, 5) is 11.7. The highest BCUT2D eigenvalue weighted by atomic mass is 32.2. The highest BCUT2D eigenvalue weighted by molar-refractivity contribution is 7.98. The van der Waals surface area contributed by atoms with Gasteiger partial charge in [-0.15, -0.1) is 11.3 Å². The Morgan fingerprint density at radius 3 is 2.65 bits per heavy atom. The van der Waals surface area contributed by atoms with Gasteiger partial charge in [-0.2, -0.15) is 11.8 Å². The number of rotatable bonds is 2. The SMILES string of the molecule is CC(C)(C)c1ccc(-c2nc3c(c(NN)n2)CSC3)s1.